The predicted molar refractivity (Wildman–Crippen MR) is 74.7 cm³/mol. The number of ether oxygens (including phenoxy) is 2. The standard InChI is InChI=1S/C14H23N3O3/c1-2-11-9-13(17-16-11)14(18)15-6-4-7-19-10-12-5-3-8-20-12/h9,12H,2-8,10H2,1H3,(H,15,18)(H,16,17). The van der Waals surface area contributed by atoms with Crippen molar-refractivity contribution < 1.29 is 14.3 Å². The summed E-state index contributed by atoms with van der Waals surface area (Å²) in [6, 6.07) is 1.78. The maximum absolute atomic E-state index is 11.8. The van der Waals surface area contributed by atoms with E-state index in [1.54, 1.807) is 6.07 Å². The molecule has 2 N–H and O–H groups in total. The number of rotatable bonds is 8. The summed E-state index contributed by atoms with van der Waals surface area (Å²) in [5.41, 5.74) is 1.41. The first-order chi connectivity index (χ1) is 9.79. The first kappa shape index (κ1) is 15.0. The molecular weight excluding hydrogens is 258 g/mol. The molecule has 2 heterocycles. The highest BCUT2D eigenvalue weighted by Crippen LogP contribution is 2.11. The molecule has 1 aliphatic heterocycles. The van der Waals surface area contributed by atoms with Gasteiger partial charge in [-0.1, -0.05) is 6.92 Å². The van der Waals surface area contributed by atoms with Gasteiger partial charge in [-0.05, 0) is 31.7 Å². The molecule has 0 radical (unpaired) electrons. The van der Waals surface area contributed by atoms with Crippen molar-refractivity contribution in [1.29, 1.82) is 0 Å². The molecule has 1 saturated heterocycles. The second kappa shape index (κ2) is 8.01. The molecule has 1 atom stereocenters. The van der Waals surface area contributed by atoms with E-state index in [-0.39, 0.29) is 12.0 Å². The number of amides is 1. The Morgan fingerprint density at radius 1 is 1.65 bits per heavy atom. The van der Waals surface area contributed by atoms with E-state index < -0.39 is 0 Å². The third-order valence-corrected chi connectivity index (χ3v) is 3.32. The van der Waals surface area contributed by atoms with E-state index in [1.807, 2.05) is 6.92 Å². The van der Waals surface area contributed by atoms with Crippen molar-refractivity contribution in [2.24, 2.45) is 0 Å². The molecule has 2 rings (SSSR count). The third kappa shape index (κ3) is 4.61. The Kier molecular flexibility index (Phi) is 6.01. The number of carbonyl (C=O) groups excluding carboxylic acids is 1. The summed E-state index contributed by atoms with van der Waals surface area (Å²) in [4.78, 5) is 11.8. The molecule has 0 aromatic carbocycles. The molecule has 1 aromatic rings. The van der Waals surface area contributed by atoms with Gasteiger partial charge < -0.3 is 14.8 Å². The molecular formula is C14H23N3O3. The summed E-state index contributed by atoms with van der Waals surface area (Å²) in [6.45, 7) is 4.76. The fourth-order valence-electron chi connectivity index (χ4n) is 2.12. The number of aromatic nitrogens is 2. The molecule has 1 unspecified atom stereocenters. The van der Waals surface area contributed by atoms with E-state index >= 15 is 0 Å². The highest BCUT2D eigenvalue weighted by molar-refractivity contribution is 5.92. The van der Waals surface area contributed by atoms with Crippen LogP contribution < -0.4 is 5.32 Å². The van der Waals surface area contributed by atoms with Gasteiger partial charge in [0.25, 0.3) is 5.91 Å². The molecule has 1 aromatic heterocycles. The molecule has 0 spiro atoms. The average molecular weight is 281 g/mol. The normalized spacial score (nSPS) is 18.4. The first-order valence-electron chi connectivity index (χ1n) is 7.31. The lowest BCUT2D eigenvalue weighted by atomic mass is 10.2. The Balaban J connectivity index is 1.52. The Morgan fingerprint density at radius 3 is 3.25 bits per heavy atom. The Labute approximate surface area is 119 Å². The maximum atomic E-state index is 11.8. The minimum atomic E-state index is -0.139. The number of H-pyrrole nitrogens is 1. The number of hydrogen-bond donors (Lipinski definition) is 2. The van der Waals surface area contributed by atoms with Crippen LogP contribution in [-0.4, -0.2) is 48.6 Å². The minimum absolute atomic E-state index is 0.139. The highest BCUT2D eigenvalue weighted by Gasteiger charge is 2.15. The zero-order valence-electron chi connectivity index (χ0n) is 12.0. The Morgan fingerprint density at radius 2 is 2.55 bits per heavy atom. The van der Waals surface area contributed by atoms with Crippen LogP contribution in [0.25, 0.3) is 0 Å². The van der Waals surface area contributed by atoms with Crippen LogP contribution in [0, 0.1) is 0 Å². The molecule has 20 heavy (non-hydrogen) atoms. The largest absolute Gasteiger partial charge is 0.379 e. The van der Waals surface area contributed by atoms with Gasteiger partial charge in [-0.2, -0.15) is 5.10 Å². The number of nitrogens with zero attached hydrogens (tertiary/aromatic N) is 1. The van der Waals surface area contributed by atoms with Gasteiger partial charge in [0.15, 0.2) is 0 Å². The highest BCUT2D eigenvalue weighted by atomic mass is 16.5. The van der Waals surface area contributed by atoms with Crippen molar-refractivity contribution in [2.75, 3.05) is 26.4 Å². The molecule has 6 heteroatoms. The number of hydrogen-bond acceptors (Lipinski definition) is 4. The average Bonchev–Trinajstić information content (AvgIpc) is 3.13. The number of aromatic amines is 1. The van der Waals surface area contributed by atoms with Gasteiger partial charge in [0, 0.05) is 25.5 Å². The molecule has 112 valence electrons. The van der Waals surface area contributed by atoms with E-state index in [2.05, 4.69) is 15.5 Å². The SMILES string of the molecule is CCc1cc(C(=O)NCCCOCC2CCCO2)n[nH]1. The van der Waals surface area contributed by atoms with Gasteiger partial charge in [-0.3, -0.25) is 9.89 Å². The molecule has 1 amide bonds. The summed E-state index contributed by atoms with van der Waals surface area (Å²) < 4.78 is 11.0. The molecule has 6 nitrogen and oxygen atoms in total. The van der Waals surface area contributed by atoms with E-state index in [0.717, 1.165) is 38.0 Å². The lowest BCUT2D eigenvalue weighted by molar-refractivity contribution is 0.0166. The maximum Gasteiger partial charge on any atom is 0.271 e. The Bertz CT molecular complexity index is 414. The molecule has 0 bridgehead atoms. The lowest BCUT2D eigenvalue weighted by Crippen LogP contribution is -2.26. The van der Waals surface area contributed by atoms with Crippen molar-refractivity contribution in [3.8, 4) is 0 Å². The van der Waals surface area contributed by atoms with Gasteiger partial charge in [-0.15, -0.1) is 0 Å². The predicted octanol–water partition coefficient (Wildman–Crippen LogP) is 1.29. The second-order valence-electron chi connectivity index (χ2n) is 4.95. The summed E-state index contributed by atoms with van der Waals surface area (Å²) in [7, 11) is 0. The van der Waals surface area contributed by atoms with Crippen molar-refractivity contribution in [1.82, 2.24) is 15.5 Å². The molecule has 1 fully saturated rings. The summed E-state index contributed by atoms with van der Waals surface area (Å²) in [6.07, 6.45) is 4.13. The summed E-state index contributed by atoms with van der Waals surface area (Å²) >= 11 is 0. The van der Waals surface area contributed by atoms with Crippen LogP contribution in [0.1, 0.15) is 42.4 Å². The van der Waals surface area contributed by atoms with Crippen molar-refractivity contribution in [2.45, 2.75) is 38.7 Å². The summed E-state index contributed by atoms with van der Waals surface area (Å²) in [5, 5.41) is 9.63. The lowest BCUT2D eigenvalue weighted by Gasteiger charge is -2.10. The van der Waals surface area contributed by atoms with Crippen molar-refractivity contribution in [3.05, 3.63) is 17.5 Å². The van der Waals surface area contributed by atoms with E-state index in [4.69, 9.17) is 9.47 Å². The first-order valence-corrected chi connectivity index (χ1v) is 7.31. The van der Waals surface area contributed by atoms with Crippen LogP contribution in [0.2, 0.25) is 0 Å². The van der Waals surface area contributed by atoms with Crippen molar-refractivity contribution >= 4 is 5.91 Å². The van der Waals surface area contributed by atoms with Gasteiger partial charge in [0.1, 0.15) is 5.69 Å². The molecule has 0 saturated carbocycles. The van der Waals surface area contributed by atoms with Crippen LogP contribution in [0.4, 0.5) is 0 Å². The van der Waals surface area contributed by atoms with Crippen LogP contribution in [0.15, 0.2) is 6.07 Å². The van der Waals surface area contributed by atoms with Gasteiger partial charge in [-0.25, -0.2) is 0 Å². The van der Waals surface area contributed by atoms with Gasteiger partial charge in [0.2, 0.25) is 0 Å². The smallest absolute Gasteiger partial charge is 0.271 e. The van der Waals surface area contributed by atoms with E-state index in [9.17, 15) is 4.79 Å². The van der Waals surface area contributed by atoms with Crippen LogP contribution in [-0.2, 0) is 15.9 Å². The topological polar surface area (TPSA) is 76.2 Å². The quantitative estimate of drug-likeness (QED) is 0.704. The Hall–Kier alpha value is -1.40. The summed E-state index contributed by atoms with van der Waals surface area (Å²) in [5.74, 6) is -0.139. The zero-order valence-corrected chi connectivity index (χ0v) is 12.0. The van der Waals surface area contributed by atoms with Crippen molar-refractivity contribution in [3.63, 3.8) is 0 Å². The third-order valence-electron chi connectivity index (χ3n) is 3.32. The van der Waals surface area contributed by atoms with Gasteiger partial charge in [0.05, 0.1) is 12.7 Å². The number of aryl methyl sites for hydroxylation is 1. The minimum Gasteiger partial charge on any atom is -0.379 e. The van der Waals surface area contributed by atoms with Crippen LogP contribution in [0.3, 0.4) is 0 Å². The van der Waals surface area contributed by atoms with E-state index in [0.29, 0.717) is 25.5 Å². The second-order valence-corrected chi connectivity index (χ2v) is 4.95. The monoisotopic (exact) mass is 281 g/mol. The van der Waals surface area contributed by atoms with Gasteiger partial charge >= 0.3 is 0 Å². The van der Waals surface area contributed by atoms with E-state index in [1.165, 1.54) is 0 Å². The number of nitrogens with one attached hydrogen (secondary N) is 2. The molecule has 1 aliphatic rings. The fourth-order valence-corrected chi connectivity index (χ4v) is 2.12. The number of carbonyl (C=O) groups is 1. The van der Waals surface area contributed by atoms with Crippen LogP contribution >= 0.6 is 0 Å². The zero-order chi connectivity index (χ0) is 14.2. The molecule has 0 aliphatic carbocycles. The fraction of sp³-hybridized carbons (Fsp3) is 0.714. The van der Waals surface area contributed by atoms with Crippen LogP contribution in [0.5, 0.6) is 0 Å².